The summed E-state index contributed by atoms with van der Waals surface area (Å²) in [5.74, 6) is -3.69. The lowest BCUT2D eigenvalue weighted by atomic mass is 10.1. The molecule has 1 aromatic heterocycles. The van der Waals surface area contributed by atoms with Crippen molar-refractivity contribution < 1.29 is 61.0 Å². The molecule has 2 aliphatic heterocycles. The number of methoxy groups -OCH3 is 2. The van der Waals surface area contributed by atoms with Crippen LogP contribution in [0, 0.1) is 0 Å². The molecular formula is C59H51ClF3N9O10. The molecule has 0 unspecified atom stereocenters. The second-order valence-corrected chi connectivity index (χ2v) is 18.0. The first kappa shape index (κ1) is 59.6. The Labute approximate surface area is 472 Å². The number of hydrazine groups is 2. The zero-order chi connectivity index (χ0) is 57.8. The summed E-state index contributed by atoms with van der Waals surface area (Å²) in [5.41, 5.74) is 8.21. The molecular weight excluding hydrogens is 1090 g/mol. The molecule has 23 heteroatoms. The van der Waals surface area contributed by atoms with E-state index in [4.69, 9.17) is 10.5 Å². The van der Waals surface area contributed by atoms with Gasteiger partial charge < -0.3 is 20.5 Å². The number of hydrogen-bond acceptors (Lipinski definition) is 13. The number of urea groups is 1. The second-order valence-electron chi connectivity index (χ2n) is 18.0. The lowest BCUT2D eigenvalue weighted by molar-refractivity contribution is -0.143. The number of rotatable bonds is 13. The lowest BCUT2D eigenvalue weighted by Gasteiger charge is -2.31. The molecule has 10 rings (SSSR count). The molecule has 8 aromatic rings. The zero-order valence-corrected chi connectivity index (χ0v) is 44.5. The number of hydrogen-bond donors (Lipinski definition) is 2. The van der Waals surface area contributed by atoms with Gasteiger partial charge in [-0.05, 0) is 71.1 Å². The number of aromatic nitrogens is 3. The maximum Gasteiger partial charge on any atom is 0.416 e. The summed E-state index contributed by atoms with van der Waals surface area (Å²) in [6, 6.07) is 48.1. The number of nitrogens with zero attached hydrogens (tertiary/aromatic N) is 7. The highest BCUT2D eigenvalue weighted by molar-refractivity contribution is 6.22. The van der Waals surface area contributed by atoms with Crippen molar-refractivity contribution in [3.63, 3.8) is 0 Å². The number of nitrogens with two attached hydrogens (primary N) is 1. The second kappa shape index (κ2) is 26.7. The Bertz CT molecular complexity index is 3550. The number of carbonyl (C=O) groups is 8. The van der Waals surface area contributed by atoms with Crippen LogP contribution in [0.15, 0.2) is 188 Å². The fraction of sp³-hybridized carbons (Fsp3) is 0.153. The lowest BCUT2D eigenvalue weighted by Crippen LogP contribution is -2.56. The standard InChI is InChI=1S/C26H23N3O5.C23H14F3N5O3.C10H13NO2.ClH/c1-34-25(32)22(16-18-10-4-2-5-11-18)27-26(33)28(17-19-12-6-3-7-13-19)29-23(30)20-14-8-9-15-21(20)24(29)31;24-23(25,26)15-10-11-18-19(12-15)30(28-27-18)22(34)29(13-14-6-2-1-3-7-14)31-20(32)16-8-4-5-9-17(16)21(31)33;1-13-10(12)9(11)7-8-5-3-2-4-6-8;/h2-15,22H,16-17H2,1H3,(H,27,33);1-12H,13H2;2-6,9H,7,11H2,1H3;1H/t22-;;9-;/m0.0./s1. The van der Waals surface area contributed by atoms with E-state index in [1.807, 2.05) is 66.7 Å². The molecule has 7 amide bonds. The topological polar surface area (TPSA) is 237 Å². The van der Waals surface area contributed by atoms with E-state index in [2.05, 4.69) is 20.4 Å². The van der Waals surface area contributed by atoms with Crippen molar-refractivity contribution in [2.24, 2.45) is 5.73 Å². The van der Waals surface area contributed by atoms with Crippen molar-refractivity contribution in [2.75, 3.05) is 14.2 Å². The summed E-state index contributed by atoms with van der Waals surface area (Å²) in [5, 5.41) is 13.5. The SMILES string of the molecule is COC(=O)[C@@H](N)Cc1ccccc1.COC(=O)[C@H](Cc1ccccc1)NC(=O)N(Cc1ccccc1)N1C(=O)c2ccccc2C1=O.Cl.O=C1c2ccccc2C(=O)N1N(Cc1ccccc1)C(=O)n1nnc2ccc(C(F)(F)F)cc21. The van der Waals surface area contributed by atoms with Gasteiger partial charge in [0.1, 0.15) is 23.1 Å². The Kier molecular flexibility index (Phi) is 19.4. The largest absolute Gasteiger partial charge is 0.468 e. The number of imide groups is 2. The first-order valence-electron chi connectivity index (χ1n) is 24.8. The van der Waals surface area contributed by atoms with Crippen LogP contribution in [0.1, 0.15) is 69.2 Å². The predicted octanol–water partition coefficient (Wildman–Crippen LogP) is 8.48. The van der Waals surface area contributed by atoms with Gasteiger partial charge in [-0.15, -0.1) is 17.5 Å². The number of halogens is 4. The van der Waals surface area contributed by atoms with Crippen LogP contribution in [0.4, 0.5) is 22.8 Å². The van der Waals surface area contributed by atoms with Gasteiger partial charge >= 0.3 is 30.2 Å². The number of fused-ring (bicyclic) bond motifs is 3. The number of amides is 7. The van der Waals surface area contributed by atoms with Gasteiger partial charge in [-0.1, -0.05) is 151 Å². The Morgan fingerprint density at radius 2 is 0.939 bits per heavy atom. The molecule has 0 spiro atoms. The molecule has 3 heterocycles. The summed E-state index contributed by atoms with van der Waals surface area (Å²) in [6.07, 6.45) is -3.95. The van der Waals surface area contributed by atoms with Crippen LogP contribution in [-0.2, 0) is 51.2 Å². The van der Waals surface area contributed by atoms with E-state index in [0.717, 1.165) is 44.4 Å². The third-order valence-corrected chi connectivity index (χ3v) is 12.7. The van der Waals surface area contributed by atoms with E-state index < -0.39 is 65.5 Å². The predicted molar refractivity (Wildman–Crippen MR) is 293 cm³/mol. The molecule has 7 aromatic carbocycles. The Morgan fingerprint density at radius 3 is 1.37 bits per heavy atom. The summed E-state index contributed by atoms with van der Waals surface area (Å²) in [7, 11) is 2.57. The van der Waals surface area contributed by atoms with E-state index in [-0.39, 0.29) is 71.2 Å². The third kappa shape index (κ3) is 13.7. The van der Waals surface area contributed by atoms with E-state index >= 15 is 0 Å². The van der Waals surface area contributed by atoms with Crippen LogP contribution in [-0.4, -0.2) is 109 Å². The van der Waals surface area contributed by atoms with E-state index in [1.54, 1.807) is 91.0 Å². The number of esters is 2. The summed E-state index contributed by atoms with van der Waals surface area (Å²) >= 11 is 0. The summed E-state index contributed by atoms with van der Waals surface area (Å²) in [6.45, 7) is -0.275. The van der Waals surface area contributed by atoms with E-state index in [0.29, 0.717) is 27.2 Å². The smallest absolute Gasteiger partial charge is 0.416 e. The number of nitrogens with one attached hydrogen (secondary N) is 1. The molecule has 0 saturated carbocycles. The fourth-order valence-electron chi connectivity index (χ4n) is 8.62. The fourth-order valence-corrected chi connectivity index (χ4v) is 8.62. The van der Waals surface area contributed by atoms with E-state index in [9.17, 15) is 51.5 Å². The molecule has 3 N–H and O–H groups in total. The Hall–Kier alpha value is -10.1. The van der Waals surface area contributed by atoms with Gasteiger partial charge in [-0.25, -0.2) is 24.4 Å². The maximum atomic E-state index is 13.6. The van der Waals surface area contributed by atoms with Gasteiger partial charge in [0.05, 0.1) is 55.1 Å². The molecule has 2 aliphatic rings. The number of benzene rings is 7. The van der Waals surface area contributed by atoms with Crippen LogP contribution < -0.4 is 11.1 Å². The number of carbonyl (C=O) groups excluding carboxylic acids is 8. The van der Waals surface area contributed by atoms with Crippen LogP contribution in [0.5, 0.6) is 0 Å². The number of ether oxygens (including phenoxy) is 2. The molecule has 2 atom stereocenters. The van der Waals surface area contributed by atoms with Crippen molar-refractivity contribution in [3.05, 3.63) is 238 Å². The first-order valence-corrected chi connectivity index (χ1v) is 24.8. The molecule has 19 nitrogen and oxygen atoms in total. The van der Waals surface area contributed by atoms with Gasteiger partial charge in [0.25, 0.3) is 23.6 Å². The minimum Gasteiger partial charge on any atom is -0.468 e. The molecule has 0 radical (unpaired) electrons. The minimum absolute atomic E-state index is 0. The molecule has 0 saturated heterocycles. The van der Waals surface area contributed by atoms with Crippen molar-refractivity contribution in [2.45, 2.75) is 44.2 Å². The van der Waals surface area contributed by atoms with Gasteiger partial charge in [-0.2, -0.15) is 27.9 Å². The third-order valence-electron chi connectivity index (χ3n) is 12.7. The van der Waals surface area contributed by atoms with Crippen molar-refractivity contribution in [1.29, 1.82) is 0 Å². The molecule has 420 valence electrons. The summed E-state index contributed by atoms with van der Waals surface area (Å²) in [4.78, 5) is 103. The minimum atomic E-state index is -4.65. The van der Waals surface area contributed by atoms with Gasteiger partial charge in [0.15, 0.2) is 0 Å². The average molecular weight is 1140 g/mol. The highest BCUT2D eigenvalue weighted by Gasteiger charge is 2.44. The average Bonchev–Trinajstić information content (AvgIpc) is 3.96. The highest BCUT2D eigenvalue weighted by Crippen LogP contribution is 2.32. The molecule has 82 heavy (non-hydrogen) atoms. The van der Waals surface area contributed by atoms with Crippen LogP contribution in [0.2, 0.25) is 0 Å². The highest BCUT2D eigenvalue weighted by atomic mass is 35.5. The van der Waals surface area contributed by atoms with Crippen LogP contribution >= 0.6 is 12.4 Å². The Balaban J connectivity index is 0.000000193. The zero-order valence-electron chi connectivity index (χ0n) is 43.7. The molecule has 0 aliphatic carbocycles. The quantitative estimate of drug-likeness (QED) is 0.0815. The van der Waals surface area contributed by atoms with Gasteiger partial charge in [0, 0.05) is 6.42 Å². The number of alkyl halides is 3. The maximum absolute atomic E-state index is 13.6. The van der Waals surface area contributed by atoms with Gasteiger partial charge in [0.2, 0.25) is 0 Å². The normalized spacial score (nSPS) is 13.0. The van der Waals surface area contributed by atoms with Crippen molar-refractivity contribution in [1.82, 2.24) is 40.3 Å². The Morgan fingerprint density at radius 1 is 0.549 bits per heavy atom. The first-order chi connectivity index (χ1) is 39.0. The van der Waals surface area contributed by atoms with Crippen molar-refractivity contribution >= 4 is 71.1 Å². The van der Waals surface area contributed by atoms with Crippen LogP contribution in [0.25, 0.3) is 11.0 Å². The molecule has 0 bridgehead atoms. The van der Waals surface area contributed by atoms with Crippen LogP contribution in [0.3, 0.4) is 0 Å². The van der Waals surface area contributed by atoms with Gasteiger partial charge in [-0.3, -0.25) is 24.0 Å². The monoisotopic (exact) mass is 1140 g/mol. The summed E-state index contributed by atoms with van der Waals surface area (Å²) < 4.78 is 49.8. The molecule has 0 fully saturated rings. The van der Waals surface area contributed by atoms with E-state index in [1.165, 1.54) is 26.4 Å². The van der Waals surface area contributed by atoms with Crippen molar-refractivity contribution in [3.8, 4) is 0 Å².